The van der Waals surface area contributed by atoms with Crippen molar-refractivity contribution in [3.63, 3.8) is 0 Å². The van der Waals surface area contributed by atoms with Crippen LogP contribution >= 0.6 is 0 Å². The Hall–Kier alpha value is -1.84. The van der Waals surface area contributed by atoms with E-state index in [1.54, 1.807) is 23.6 Å². The molecule has 0 saturated heterocycles. The van der Waals surface area contributed by atoms with Crippen LogP contribution in [0.15, 0.2) is 24.5 Å². The average Bonchev–Trinajstić information content (AvgIpc) is 2.54. The van der Waals surface area contributed by atoms with Crippen molar-refractivity contribution in [2.75, 3.05) is 6.61 Å². The van der Waals surface area contributed by atoms with E-state index in [2.05, 4.69) is 4.98 Å². The van der Waals surface area contributed by atoms with Crippen LogP contribution in [0.25, 0.3) is 5.65 Å². The summed E-state index contributed by atoms with van der Waals surface area (Å²) >= 11 is 0. The van der Waals surface area contributed by atoms with Crippen LogP contribution in [0.4, 0.5) is 0 Å². The molecule has 0 N–H and O–H groups in total. The molecule has 4 nitrogen and oxygen atoms in total. The third-order valence-corrected chi connectivity index (χ3v) is 2.20. The molecule has 2 aromatic heterocycles. The number of carbonyl (C=O) groups excluding carboxylic acids is 1. The lowest BCUT2D eigenvalue weighted by Crippen LogP contribution is -2.09. The zero-order valence-corrected chi connectivity index (χ0v) is 8.73. The number of hydrogen-bond donors (Lipinski definition) is 0. The molecule has 0 aromatic carbocycles. The molecule has 0 fully saturated rings. The van der Waals surface area contributed by atoms with Gasteiger partial charge in [-0.3, -0.25) is 4.40 Å². The summed E-state index contributed by atoms with van der Waals surface area (Å²) in [5, 5.41) is 0. The second-order valence-corrected chi connectivity index (χ2v) is 3.24. The highest BCUT2D eigenvalue weighted by Crippen LogP contribution is 2.14. The van der Waals surface area contributed by atoms with Gasteiger partial charge in [-0.2, -0.15) is 0 Å². The van der Waals surface area contributed by atoms with E-state index in [0.29, 0.717) is 12.3 Å². The van der Waals surface area contributed by atoms with E-state index >= 15 is 0 Å². The Morgan fingerprint density at radius 1 is 1.60 bits per heavy atom. The lowest BCUT2D eigenvalue weighted by Gasteiger charge is -2.03. The largest absolute Gasteiger partial charge is 0.461 e. The quantitative estimate of drug-likeness (QED) is 0.701. The number of aromatic nitrogens is 2. The molecule has 0 aliphatic heterocycles. The van der Waals surface area contributed by atoms with Gasteiger partial charge in [0.1, 0.15) is 11.3 Å². The van der Waals surface area contributed by atoms with E-state index < -0.39 is 0 Å². The fourth-order valence-electron chi connectivity index (χ4n) is 1.59. The molecule has 2 rings (SSSR count). The number of carbonyl (C=O) groups is 1. The van der Waals surface area contributed by atoms with Gasteiger partial charge in [0.25, 0.3) is 0 Å². The number of fused-ring (bicyclic) bond motifs is 1. The van der Waals surface area contributed by atoms with Crippen molar-refractivity contribution < 1.29 is 9.53 Å². The fourth-order valence-corrected chi connectivity index (χ4v) is 1.59. The SMILES string of the molecule is CCOC(=O)c1c(C)cc2ncccn12. The zero-order chi connectivity index (χ0) is 10.8. The number of ether oxygens (including phenoxy) is 1. The van der Waals surface area contributed by atoms with Gasteiger partial charge in [0.15, 0.2) is 0 Å². The minimum atomic E-state index is -0.303. The van der Waals surface area contributed by atoms with Crippen molar-refractivity contribution in [1.29, 1.82) is 0 Å². The summed E-state index contributed by atoms with van der Waals surface area (Å²) < 4.78 is 6.73. The van der Waals surface area contributed by atoms with Gasteiger partial charge in [-0.15, -0.1) is 0 Å². The van der Waals surface area contributed by atoms with Gasteiger partial charge in [0.2, 0.25) is 0 Å². The van der Waals surface area contributed by atoms with Crippen molar-refractivity contribution in [1.82, 2.24) is 9.38 Å². The minimum Gasteiger partial charge on any atom is -0.461 e. The lowest BCUT2D eigenvalue weighted by atomic mass is 10.3. The molecular formula is C11H12N2O2. The standard InChI is InChI=1S/C11H12N2O2/c1-3-15-11(14)10-8(2)7-9-12-5-4-6-13(9)10/h4-7H,3H2,1-2H3. The highest BCUT2D eigenvalue weighted by atomic mass is 16.5. The van der Waals surface area contributed by atoms with Gasteiger partial charge in [-0.05, 0) is 31.5 Å². The normalized spacial score (nSPS) is 10.5. The summed E-state index contributed by atoms with van der Waals surface area (Å²) in [6.45, 7) is 4.05. The van der Waals surface area contributed by atoms with Crippen LogP contribution in [0, 0.1) is 6.92 Å². The van der Waals surface area contributed by atoms with Crippen LogP contribution in [-0.4, -0.2) is 22.0 Å². The molecule has 2 aromatic rings. The fraction of sp³-hybridized carbons (Fsp3) is 0.273. The Balaban J connectivity index is 2.58. The van der Waals surface area contributed by atoms with Crippen LogP contribution in [0.2, 0.25) is 0 Å². The van der Waals surface area contributed by atoms with Gasteiger partial charge >= 0.3 is 5.97 Å². The second-order valence-electron chi connectivity index (χ2n) is 3.24. The summed E-state index contributed by atoms with van der Waals surface area (Å²) in [4.78, 5) is 15.8. The van der Waals surface area contributed by atoms with Gasteiger partial charge in [0, 0.05) is 12.4 Å². The van der Waals surface area contributed by atoms with Crippen LogP contribution < -0.4 is 0 Å². The van der Waals surface area contributed by atoms with Crippen molar-refractivity contribution in [3.8, 4) is 0 Å². The molecule has 0 saturated carbocycles. The first kappa shape index (κ1) is 9.71. The highest BCUT2D eigenvalue weighted by Gasteiger charge is 2.15. The Morgan fingerprint density at radius 2 is 2.40 bits per heavy atom. The van der Waals surface area contributed by atoms with Crippen molar-refractivity contribution in [2.45, 2.75) is 13.8 Å². The third kappa shape index (κ3) is 1.58. The average molecular weight is 204 g/mol. The Morgan fingerprint density at radius 3 is 3.13 bits per heavy atom. The van der Waals surface area contributed by atoms with Gasteiger partial charge in [-0.25, -0.2) is 9.78 Å². The van der Waals surface area contributed by atoms with Gasteiger partial charge in [-0.1, -0.05) is 0 Å². The summed E-state index contributed by atoms with van der Waals surface area (Å²) in [6, 6.07) is 3.65. The van der Waals surface area contributed by atoms with Crippen LogP contribution in [0.3, 0.4) is 0 Å². The van der Waals surface area contributed by atoms with Gasteiger partial charge < -0.3 is 4.74 Å². The maximum atomic E-state index is 11.7. The molecule has 0 spiro atoms. The molecule has 15 heavy (non-hydrogen) atoms. The first-order valence-corrected chi connectivity index (χ1v) is 4.84. The van der Waals surface area contributed by atoms with E-state index in [1.807, 2.05) is 19.2 Å². The number of rotatable bonds is 2. The minimum absolute atomic E-state index is 0.303. The molecular weight excluding hydrogens is 192 g/mol. The number of aryl methyl sites for hydroxylation is 1. The Kier molecular flexibility index (Phi) is 2.41. The molecule has 0 radical (unpaired) electrons. The van der Waals surface area contributed by atoms with Crippen LogP contribution in [0.1, 0.15) is 23.0 Å². The van der Waals surface area contributed by atoms with Crippen molar-refractivity contribution in [3.05, 3.63) is 35.8 Å². The first-order valence-electron chi connectivity index (χ1n) is 4.84. The Labute approximate surface area is 87.5 Å². The maximum Gasteiger partial charge on any atom is 0.355 e. The maximum absolute atomic E-state index is 11.7. The first-order chi connectivity index (χ1) is 7.24. The zero-order valence-electron chi connectivity index (χ0n) is 8.73. The third-order valence-electron chi connectivity index (χ3n) is 2.20. The topological polar surface area (TPSA) is 43.6 Å². The number of nitrogens with zero attached hydrogens (tertiary/aromatic N) is 2. The molecule has 78 valence electrons. The van der Waals surface area contributed by atoms with E-state index in [1.165, 1.54) is 0 Å². The highest BCUT2D eigenvalue weighted by molar-refractivity contribution is 5.90. The van der Waals surface area contributed by atoms with Crippen molar-refractivity contribution in [2.24, 2.45) is 0 Å². The smallest absolute Gasteiger partial charge is 0.355 e. The summed E-state index contributed by atoms with van der Waals surface area (Å²) in [5.74, 6) is -0.303. The molecule has 0 amide bonds. The van der Waals surface area contributed by atoms with Gasteiger partial charge in [0.05, 0.1) is 6.61 Å². The monoisotopic (exact) mass is 204 g/mol. The number of esters is 1. The molecule has 4 heteroatoms. The van der Waals surface area contributed by atoms with E-state index in [9.17, 15) is 4.79 Å². The van der Waals surface area contributed by atoms with Crippen LogP contribution in [0.5, 0.6) is 0 Å². The molecule has 0 bridgehead atoms. The predicted octanol–water partition coefficient (Wildman–Crippen LogP) is 1.82. The predicted molar refractivity (Wildman–Crippen MR) is 55.9 cm³/mol. The summed E-state index contributed by atoms with van der Waals surface area (Å²) in [5.41, 5.74) is 2.20. The Bertz CT molecular complexity index is 502. The van der Waals surface area contributed by atoms with E-state index in [0.717, 1.165) is 11.2 Å². The molecule has 0 atom stereocenters. The lowest BCUT2D eigenvalue weighted by molar-refractivity contribution is 0.0517. The second kappa shape index (κ2) is 3.73. The van der Waals surface area contributed by atoms with Crippen molar-refractivity contribution >= 4 is 11.6 Å². The molecule has 0 aliphatic rings. The molecule has 2 heterocycles. The van der Waals surface area contributed by atoms with E-state index in [-0.39, 0.29) is 5.97 Å². The van der Waals surface area contributed by atoms with Crippen LogP contribution in [-0.2, 0) is 4.74 Å². The number of hydrogen-bond acceptors (Lipinski definition) is 3. The molecule has 0 unspecified atom stereocenters. The molecule has 0 aliphatic carbocycles. The summed E-state index contributed by atoms with van der Waals surface area (Å²) in [6.07, 6.45) is 3.51. The summed E-state index contributed by atoms with van der Waals surface area (Å²) in [7, 11) is 0. The van der Waals surface area contributed by atoms with E-state index in [4.69, 9.17) is 4.74 Å².